The second-order valence-electron chi connectivity index (χ2n) is 2.70. The first kappa shape index (κ1) is 9.26. The summed E-state index contributed by atoms with van der Waals surface area (Å²) in [6.07, 6.45) is 0.469. The maximum Gasteiger partial charge on any atom is 0.306 e. The number of ether oxygens (including phenoxy) is 1. The minimum Gasteiger partial charge on any atom is -0.469 e. The molecule has 0 N–H and O–H groups in total. The van der Waals surface area contributed by atoms with E-state index in [1.165, 1.54) is 12.0 Å². The summed E-state index contributed by atoms with van der Waals surface area (Å²) in [5.74, 6) is 0.133. The average molecular weight is 184 g/mol. The van der Waals surface area contributed by atoms with Crippen LogP contribution in [0, 0.1) is 0 Å². The van der Waals surface area contributed by atoms with Gasteiger partial charge in [0.05, 0.1) is 13.5 Å². The number of hydrogen-bond acceptors (Lipinski definition) is 3. The smallest absolute Gasteiger partial charge is 0.306 e. The Morgan fingerprint density at radius 1 is 1.75 bits per heavy atom. The molecular weight excluding hydrogens is 172 g/mol. The molecular formula is C9H12O2S. The number of rotatable bonds is 3. The Balaban J connectivity index is 2.49. The fraction of sp³-hybridized carbons (Fsp3) is 0.444. The zero-order valence-corrected chi connectivity index (χ0v) is 8.06. The Hall–Kier alpha value is -0.830. The first-order valence-corrected chi connectivity index (χ1v) is 4.72. The molecule has 0 bridgehead atoms. The van der Waals surface area contributed by atoms with E-state index < -0.39 is 0 Å². The summed E-state index contributed by atoms with van der Waals surface area (Å²) in [5.41, 5.74) is 0. The van der Waals surface area contributed by atoms with Crippen LogP contribution < -0.4 is 0 Å². The van der Waals surface area contributed by atoms with Crippen LogP contribution >= 0.6 is 11.3 Å². The Morgan fingerprint density at radius 2 is 2.50 bits per heavy atom. The van der Waals surface area contributed by atoms with Gasteiger partial charge in [-0.25, -0.2) is 0 Å². The van der Waals surface area contributed by atoms with E-state index in [9.17, 15) is 4.79 Å². The van der Waals surface area contributed by atoms with Gasteiger partial charge in [0.15, 0.2) is 0 Å². The fourth-order valence-electron chi connectivity index (χ4n) is 1.01. The summed E-state index contributed by atoms with van der Waals surface area (Å²) >= 11 is 1.68. The van der Waals surface area contributed by atoms with E-state index in [0.29, 0.717) is 6.42 Å². The van der Waals surface area contributed by atoms with Crippen LogP contribution in [0.1, 0.15) is 24.1 Å². The van der Waals surface area contributed by atoms with E-state index in [-0.39, 0.29) is 11.9 Å². The lowest BCUT2D eigenvalue weighted by molar-refractivity contribution is -0.140. The molecule has 1 atom stereocenters. The van der Waals surface area contributed by atoms with E-state index in [1.54, 1.807) is 11.3 Å². The van der Waals surface area contributed by atoms with Crippen LogP contribution in [-0.2, 0) is 9.53 Å². The Labute approximate surface area is 76.2 Å². The first-order chi connectivity index (χ1) is 5.74. The zero-order valence-electron chi connectivity index (χ0n) is 7.24. The van der Waals surface area contributed by atoms with Crippen molar-refractivity contribution < 1.29 is 9.53 Å². The minimum absolute atomic E-state index is 0.143. The molecule has 0 amide bonds. The van der Waals surface area contributed by atoms with Crippen LogP contribution in [0.15, 0.2) is 17.5 Å². The van der Waals surface area contributed by atoms with Crippen LogP contribution in [0.2, 0.25) is 0 Å². The number of methoxy groups -OCH3 is 1. The summed E-state index contributed by atoms with van der Waals surface area (Å²) in [4.78, 5) is 12.1. The molecule has 0 aliphatic heterocycles. The molecule has 12 heavy (non-hydrogen) atoms. The second-order valence-corrected chi connectivity index (χ2v) is 3.68. The number of esters is 1. The maximum atomic E-state index is 10.9. The summed E-state index contributed by atoms with van der Waals surface area (Å²) in [5, 5.41) is 2.02. The van der Waals surface area contributed by atoms with Crippen LogP contribution in [0.5, 0.6) is 0 Å². The molecule has 3 heteroatoms. The fourth-order valence-corrected chi connectivity index (χ4v) is 1.79. The molecule has 1 rings (SSSR count). The molecule has 0 saturated carbocycles. The maximum absolute atomic E-state index is 10.9. The molecule has 0 fully saturated rings. The SMILES string of the molecule is COC(=O)CC(C)c1cccs1. The second kappa shape index (κ2) is 4.26. The molecule has 1 aromatic rings. The van der Waals surface area contributed by atoms with Gasteiger partial charge in [-0.2, -0.15) is 0 Å². The number of carbonyl (C=O) groups is 1. The molecule has 1 unspecified atom stereocenters. The third-order valence-electron chi connectivity index (χ3n) is 1.73. The van der Waals surface area contributed by atoms with Crippen LogP contribution in [0.3, 0.4) is 0 Å². The largest absolute Gasteiger partial charge is 0.469 e. The third kappa shape index (κ3) is 2.34. The average Bonchev–Trinajstić information content (AvgIpc) is 2.56. The highest BCUT2D eigenvalue weighted by molar-refractivity contribution is 7.10. The third-order valence-corrected chi connectivity index (χ3v) is 2.83. The van der Waals surface area contributed by atoms with Gasteiger partial charge >= 0.3 is 5.97 Å². The van der Waals surface area contributed by atoms with E-state index in [4.69, 9.17) is 0 Å². The molecule has 0 aromatic carbocycles. The molecule has 0 aliphatic carbocycles. The van der Waals surface area contributed by atoms with Gasteiger partial charge < -0.3 is 4.74 Å². The molecule has 0 saturated heterocycles. The van der Waals surface area contributed by atoms with Crippen molar-refractivity contribution in [2.24, 2.45) is 0 Å². The highest BCUT2D eigenvalue weighted by Crippen LogP contribution is 2.23. The first-order valence-electron chi connectivity index (χ1n) is 3.84. The van der Waals surface area contributed by atoms with Crippen molar-refractivity contribution in [3.05, 3.63) is 22.4 Å². The van der Waals surface area contributed by atoms with E-state index >= 15 is 0 Å². The van der Waals surface area contributed by atoms with Crippen molar-refractivity contribution in [2.75, 3.05) is 7.11 Å². The van der Waals surface area contributed by atoms with Crippen molar-refractivity contribution in [3.8, 4) is 0 Å². The van der Waals surface area contributed by atoms with Crippen molar-refractivity contribution >= 4 is 17.3 Å². The van der Waals surface area contributed by atoms with Crippen LogP contribution in [0.4, 0.5) is 0 Å². The number of thiophene rings is 1. The predicted molar refractivity (Wildman–Crippen MR) is 49.4 cm³/mol. The van der Waals surface area contributed by atoms with Crippen LogP contribution in [-0.4, -0.2) is 13.1 Å². The lowest BCUT2D eigenvalue weighted by Gasteiger charge is -2.06. The molecule has 1 heterocycles. The Kier molecular flexibility index (Phi) is 3.29. The molecule has 2 nitrogen and oxygen atoms in total. The topological polar surface area (TPSA) is 26.3 Å². The highest BCUT2D eigenvalue weighted by atomic mass is 32.1. The molecule has 66 valence electrons. The lowest BCUT2D eigenvalue weighted by atomic mass is 10.1. The van der Waals surface area contributed by atoms with Gasteiger partial charge in [0.25, 0.3) is 0 Å². The van der Waals surface area contributed by atoms with Gasteiger partial charge in [-0.05, 0) is 11.4 Å². The van der Waals surface area contributed by atoms with Gasteiger partial charge in [0.2, 0.25) is 0 Å². The van der Waals surface area contributed by atoms with E-state index in [2.05, 4.69) is 4.74 Å². The van der Waals surface area contributed by atoms with Crippen molar-refractivity contribution in [2.45, 2.75) is 19.3 Å². The van der Waals surface area contributed by atoms with E-state index in [0.717, 1.165) is 0 Å². The van der Waals surface area contributed by atoms with Crippen molar-refractivity contribution in [3.63, 3.8) is 0 Å². The number of carbonyl (C=O) groups excluding carboxylic acids is 1. The highest BCUT2D eigenvalue weighted by Gasteiger charge is 2.11. The quantitative estimate of drug-likeness (QED) is 0.674. The summed E-state index contributed by atoms with van der Waals surface area (Å²) in [7, 11) is 1.42. The van der Waals surface area contributed by atoms with Crippen molar-refractivity contribution in [1.29, 1.82) is 0 Å². The normalized spacial score (nSPS) is 12.5. The Bertz CT molecular complexity index is 241. The van der Waals surface area contributed by atoms with Gasteiger partial charge in [-0.3, -0.25) is 4.79 Å². The molecule has 0 aliphatic rings. The predicted octanol–water partition coefficient (Wildman–Crippen LogP) is 2.41. The zero-order chi connectivity index (χ0) is 8.97. The minimum atomic E-state index is -0.143. The summed E-state index contributed by atoms with van der Waals surface area (Å²) < 4.78 is 4.58. The lowest BCUT2D eigenvalue weighted by Crippen LogP contribution is -2.04. The summed E-state index contributed by atoms with van der Waals surface area (Å²) in [6.45, 7) is 2.03. The van der Waals surface area contributed by atoms with Crippen LogP contribution in [0.25, 0.3) is 0 Å². The standard InChI is InChI=1S/C9H12O2S/c1-7(6-9(10)11-2)8-4-3-5-12-8/h3-5,7H,6H2,1-2H3. The van der Waals surface area contributed by atoms with Gasteiger partial charge in [0.1, 0.15) is 0 Å². The van der Waals surface area contributed by atoms with E-state index in [1.807, 2.05) is 24.4 Å². The monoisotopic (exact) mass is 184 g/mol. The number of hydrogen-bond donors (Lipinski definition) is 0. The van der Waals surface area contributed by atoms with Crippen molar-refractivity contribution in [1.82, 2.24) is 0 Å². The molecule has 1 aromatic heterocycles. The summed E-state index contributed by atoms with van der Waals surface area (Å²) in [6, 6.07) is 4.03. The Morgan fingerprint density at radius 3 is 3.00 bits per heavy atom. The van der Waals surface area contributed by atoms with Gasteiger partial charge in [0, 0.05) is 10.8 Å². The molecule has 0 radical (unpaired) electrons. The van der Waals surface area contributed by atoms with Gasteiger partial charge in [-0.15, -0.1) is 11.3 Å². The van der Waals surface area contributed by atoms with Gasteiger partial charge in [-0.1, -0.05) is 13.0 Å². The molecule has 0 spiro atoms.